The Hall–Kier alpha value is -4.81. The molecular weight excluding hydrogens is 536 g/mol. The summed E-state index contributed by atoms with van der Waals surface area (Å²) >= 11 is 6.28. The smallest absolute Gasteiger partial charge is 0.411 e. The highest BCUT2D eigenvalue weighted by Crippen LogP contribution is 2.30. The highest BCUT2D eigenvalue weighted by Gasteiger charge is 2.20. The van der Waals surface area contributed by atoms with Gasteiger partial charge in [0.1, 0.15) is 12.2 Å². The first-order valence-corrected chi connectivity index (χ1v) is 12.6. The highest BCUT2D eigenvalue weighted by molar-refractivity contribution is 6.31. The van der Waals surface area contributed by atoms with E-state index in [2.05, 4.69) is 35.5 Å². The lowest BCUT2D eigenvalue weighted by atomic mass is 10.0. The molecule has 0 spiro atoms. The molecule has 3 heterocycles. The molecule has 0 fully saturated rings. The monoisotopic (exact) mass is 560 g/mol. The zero-order valence-corrected chi connectivity index (χ0v) is 22.4. The first-order chi connectivity index (χ1) is 19.5. The van der Waals surface area contributed by atoms with E-state index in [4.69, 9.17) is 16.3 Å². The summed E-state index contributed by atoms with van der Waals surface area (Å²) in [6.07, 6.45) is 4.89. The van der Waals surface area contributed by atoms with Gasteiger partial charge in [0.2, 0.25) is 0 Å². The summed E-state index contributed by atoms with van der Waals surface area (Å²) in [7, 11) is 2.92. The number of halogens is 1. The third kappa shape index (κ3) is 5.77. The molecule has 1 unspecified atom stereocenters. The number of H-pyrrole nitrogens is 1. The molecule has 0 aliphatic rings. The van der Waals surface area contributed by atoms with Gasteiger partial charge in [0.25, 0.3) is 5.56 Å². The number of anilines is 1. The molecule has 0 saturated heterocycles. The van der Waals surface area contributed by atoms with Gasteiger partial charge in [-0.3, -0.25) is 10.1 Å². The van der Waals surface area contributed by atoms with Gasteiger partial charge in [0.15, 0.2) is 0 Å². The van der Waals surface area contributed by atoms with Gasteiger partial charge >= 0.3 is 6.09 Å². The molecule has 0 aliphatic carbocycles. The van der Waals surface area contributed by atoms with Crippen molar-refractivity contribution in [1.82, 2.24) is 34.7 Å². The largest absolute Gasteiger partial charge is 0.453 e. The Bertz CT molecular complexity index is 1660. The Morgan fingerprint density at radius 1 is 1.10 bits per heavy atom. The van der Waals surface area contributed by atoms with Crippen LogP contribution in [0.2, 0.25) is 5.02 Å². The molecule has 204 valence electrons. The second kappa shape index (κ2) is 11.9. The number of amides is 1. The van der Waals surface area contributed by atoms with Crippen LogP contribution in [0.25, 0.3) is 28.1 Å². The third-order valence-electron chi connectivity index (χ3n) is 6.28. The van der Waals surface area contributed by atoms with Crippen molar-refractivity contribution in [3.8, 4) is 28.1 Å². The number of aromatic nitrogens is 7. The lowest BCUT2D eigenvalue weighted by Gasteiger charge is -2.18. The van der Waals surface area contributed by atoms with Gasteiger partial charge in [0, 0.05) is 42.3 Å². The Morgan fingerprint density at radius 2 is 1.93 bits per heavy atom. The lowest BCUT2D eigenvalue weighted by molar-refractivity contribution is 0.182. The van der Waals surface area contributed by atoms with Crippen LogP contribution in [-0.2, 0) is 9.47 Å². The van der Waals surface area contributed by atoms with E-state index < -0.39 is 12.1 Å². The van der Waals surface area contributed by atoms with Gasteiger partial charge in [0.05, 0.1) is 30.7 Å². The van der Waals surface area contributed by atoms with Crippen LogP contribution in [0.1, 0.15) is 18.3 Å². The number of ether oxygens (including phenoxy) is 2. The van der Waals surface area contributed by atoms with Crippen molar-refractivity contribution >= 4 is 23.4 Å². The van der Waals surface area contributed by atoms with E-state index in [1.165, 1.54) is 18.1 Å². The Labute approximate surface area is 233 Å². The van der Waals surface area contributed by atoms with Crippen molar-refractivity contribution in [3.05, 3.63) is 94.5 Å². The van der Waals surface area contributed by atoms with Crippen LogP contribution >= 0.6 is 11.6 Å². The zero-order chi connectivity index (χ0) is 28.1. The second-order valence-electron chi connectivity index (χ2n) is 8.75. The van der Waals surface area contributed by atoms with Crippen LogP contribution in [0.3, 0.4) is 0 Å². The summed E-state index contributed by atoms with van der Waals surface area (Å²) in [6.45, 7) is 0.417. The van der Waals surface area contributed by atoms with Crippen LogP contribution < -0.4 is 10.9 Å². The fourth-order valence-corrected chi connectivity index (χ4v) is 4.49. The number of tetrazole rings is 1. The number of benzene rings is 2. The molecule has 2 N–H and O–H groups in total. The minimum atomic E-state index is -0.545. The van der Waals surface area contributed by atoms with Crippen LogP contribution in [0.4, 0.5) is 10.5 Å². The van der Waals surface area contributed by atoms with E-state index in [0.717, 1.165) is 11.3 Å². The quantitative estimate of drug-likeness (QED) is 0.271. The third-order valence-corrected chi connectivity index (χ3v) is 6.52. The number of rotatable bonds is 9. The van der Waals surface area contributed by atoms with Crippen LogP contribution in [0.15, 0.2) is 78.1 Å². The molecule has 1 amide bonds. The number of pyridine rings is 1. The SMILES string of the molecule is COCCC(c1ncc(-c2ccc(NC(=O)OC)cc2)[nH]1)n1ccc(-c2cc(Cl)ccc2-n2cnnn2)cc1=O. The number of carbonyl (C=O) groups excluding carboxylic acids is 1. The predicted octanol–water partition coefficient (Wildman–Crippen LogP) is 4.34. The molecule has 0 radical (unpaired) electrons. The molecule has 1 atom stereocenters. The minimum Gasteiger partial charge on any atom is -0.453 e. The van der Waals surface area contributed by atoms with Gasteiger partial charge in [-0.2, -0.15) is 4.68 Å². The molecule has 0 bridgehead atoms. The van der Waals surface area contributed by atoms with E-state index in [9.17, 15) is 9.59 Å². The fourth-order valence-electron chi connectivity index (χ4n) is 4.32. The standard InChI is InChI=1S/C27H25ClN8O4/c1-39-12-10-24(26-29-15-22(32-26)17-3-6-20(7-4-17)31-27(38)40-2)35-11-9-18(13-25(35)37)21-14-19(28)5-8-23(21)36-16-30-33-34-36/h3-9,11,13-16,24H,10,12H2,1-2H3,(H,29,32)(H,31,38). The van der Waals surface area contributed by atoms with Crippen molar-refractivity contribution in [2.24, 2.45) is 0 Å². The topological polar surface area (TPSA) is 142 Å². The van der Waals surface area contributed by atoms with Crippen LogP contribution in [-0.4, -0.2) is 61.7 Å². The number of methoxy groups -OCH3 is 2. The summed E-state index contributed by atoms with van der Waals surface area (Å²) in [5.41, 5.74) is 4.06. The van der Waals surface area contributed by atoms with Gasteiger partial charge in [-0.25, -0.2) is 9.78 Å². The molecule has 12 nitrogen and oxygen atoms in total. The van der Waals surface area contributed by atoms with E-state index in [-0.39, 0.29) is 5.56 Å². The molecule has 40 heavy (non-hydrogen) atoms. The normalized spacial score (nSPS) is 11.8. The molecular formula is C27H25ClN8O4. The van der Waals surface area contributed by atoms with Gasteiger partial charge < -0.3 is 19.0 Å². The zero-order valence-electron chi connectivity index (χ0n) is 21.6. The van der Waals surface area contributed by atoms with Crippen LogP contribution in [0.5, 0.6) is 0 Å². The average Bonchev–Trinajstić information content (AvgIpc) is 3.68. The molecule has 5 rings (SSSR count). The van der Waals surface area contributed by atoms with Crippen molar-refractivity contribution in [3.63, 3.8) is 0 Å². The highest BCUT2D eigenvalue weighted by atomic mass is 35.5. The number of hydrogen-bond acceptors (Lipinski definition) is 8. The maximum Gasteiger partial charge on any atom is 0.411 e. The van der Waals surface area contributed by atoms with Gasteiger partial charge in [-0.05, 0) is 64.4 Å². The van der Waals surface area contributed by atoms with Gasteiger partial charge in [-0.1, -0.05) is 23.7 Å². The number of hydrogen-bond donors (Lipinski definition) is 2. The van der Waals surface area contributed by atoms with Crippen molar-refractivity contribution < 1.29 is 14.3 Å². The summed E-state index contributed by atoms with van der Waals surface area (Å²) in [4.78, 5) is 32.8. The number of nitrogens with one attached hydrogen (secondary N) is 2. The Morgan fingerprint density at radius 3 is 2.62 bits per heavy atom. The van der Waals surface area contributed by atoms with E-state index in [1.54, 1.807) is 60.5 Å². The molecule has 5 aromatic rings. The molecule has 3 aromatic heterocycles. The first-order valence-electron chi connectivity index (χ1n) is 12.2. The Balaban J connectivity index is 1.46. The van der Waals surface area contributed by atoms with Crippen molar-refractivity contribution in [2.75, 3.05) is 26.1 Å². The first kappa shape index (κ1) is 26.8. The van der Waals surface area contributed by atoms with Crippen LogP contribution in [0, 0.1) is 0 Å². The van der Waals surface area contributed by atoms with E-state index >= 15 is 0 Å². The fraction of sp³-hybridized carbons (Fsp3) is 0.185. The van der Waals surface area contributed by atoms with E-state index in [1.807, 2.05) is 18.2 Å². The van der Waals surface area contributed by atoms with E-state index in [0.29, 0.717) is 46.4 Å². The number of imidazole rings is 1. The predicted molar refractivity (Wildman–Crippen MR) is 149 cm³/mol. The lowest BCUT2D eigenvalue weighted by Crippen LogP contribution is -2.26. The van der Waals surface area contributed by atoms with Crippen molar-refractivity contribution in [2.45, 2.75) is 12.5 Å². The molecule has 2 aromatic carbocycles. The molecule has 0 aliphatic heterocycles. The maximum absolute atomic E-state index is 13.5. The number of aromatic amines is 1. The number of nitrogens with zero attached hydrogens (tertiary/aromatic N) is 6. The second-order valence-corrected chi connectivity index (χ2v) is 9.19. The summed E-state index contributed by atoms with van der Waals surface area (Å²) in [5, 5.41) is 14.5. The Kier molecular flexibility index (Phi) is 7.99. The minimum absolute atomic E-state index is 0.225. The summed E-state index contributed by atoms with van der Waals surface area (Å²) in [6, 6.07) is 15.5. The molecule has 13 heteroatoms. The van der Waals surface area contributed by atoms with Crippen molar-refractivity contribution in [1.29, 1.82) is 0 Å². The summed E-state index contributed by atoms with van der Waals surface area (Å²) < 4.78 is 13.1. The number of carbonyl (C=O) groups is 1. The molecule has 0 saturated carbocycles. The summed E-state index contributed by atoms with van der Waals surface area (Å²) in [5.74, 6) is 0.607. The van der Waals surface area contributed by atoms with Gasteiger partial charge in [-0.15, -0.1) is 5.10 Å². The maximum atomic E-state index is 13.5. The average molecular weight is 561 g/mol.